The number of ether oxygens (including phenoxy) is 1. The highest BCUT2D eigenvalue weighted by Crippen LogP contribution is 2.21. The number of nitrogens with two attached hydrogens (primary N) is 1. The van der Waals surface area contributed by atoms with Crippen LogP contribution in [0.3, 0.4) is 0 Å². The Kier molecular flexibility index (Phi) is 8.33. The summed E-state index contributed by atoms with van der Waals surface area (Å²) >= 11 is 3.35. The number of para-hydroxylation sites is 1. The second kappa shape index (κ2) is 10.5. The van der Waals surface area contributed by atoms with Crippen molar-refractivity contribution in [2.45, 2.75) is 18.9 Å². The van der Waals surface area contributed by atoms with E-state index in [1.807, 2.05) is 12.1 Å². The van der Waals surface area contributed by atoms with Crippen molar-refractivity contribution in [3.05, 3.63) is 28.7 Å². The van der Waals surface area contributed by atoms with Crippen molar-refractivity contribution in [1.82, 2.24) is 0 Å². The molecule has 1 amide bonds. The lowest BCUT2D eigenvalue weighted by atomic mass is 10.2. The predicted octanol–water partition coefficient (Wildman–Crippen LogP) is -2.24. The number of aliphatic carboxylic acids is 1. The van der Waals surface area contributed by atoms with Crippen LogP contribution in [0.25, 0.3) is 0 Å². The lowest BCUT2D eigenvalue weighted by Gasteiger charge is -2.23. The van der Waals surface area contributed by atoms with E-state index < -0.39 is 12.0 Å². The highest BCUT2D eigenvalue weighted by atomic mass is 79.9. The molecule has 2 rings (SSSR count). The number of rotatable bonds is 9. The summed E-state index contributed by atoms with van der Waals surface area (Å²) < 4.78 is 6.07. The zero-order chi connectivity index (χ0) is 18.1. The van der Waals surface area contributed by atoms with Crippen LogP contribution in [0, 0.1) is 0 Å². The molecule has 1 aliphatic rings. The first-order valence-corrected chi connectivity index (χ1v) is 9.35. The SMILES string of the molecule is O=C(C[C@@H]([NH2+]CCC[NH+]1CCOCC1)C(=O)[O-])Nc1ccccc1Br. The largest absolute Gasteiger partial charge is 0.544 e. The molecular weight excluding hydrogens is 390 g/mol. The summed E-state index contributed by atoms with van der Waals surface area (Å²) in [6.07, 6.45) is 0.777. The summed E-state index contributed by atoms with van der Waals surface area (Å²) in [5, 5.41) is 15.7. The zero-order valence-corrected chi connectivity index (χ0v) is 15.7. The second-order valence-electron chi connectivity index (χ2n) is 6.15. The fourth-order valence-electron chi connectivity index (χ4n) is 2.81. The molecule has 25 heavy (non-hydrogen) atoms. The van der Waals surface area contributed by atoms with Gasteiger partial charge < -0.3 is 30.2 Å². The Bertz CT molecular complexity index is 579. The normalized spacial score (nSPS) is 16.4. The molecule has 1 aromatic carbocycles. The standard InChI is InChI=1S/C17H24BrN3O4/c18-13-4-1-2-5-14(13)20-16(22)12-15(17(23)24)19-6-3-7-21-8-10-25-11-9-21/h1-2,4-5,15,19H,3,6-12H2,(H,20,22)(H,23,24)/p+1/t15-/m1/s1. The van der Waals surface area contributed by atoms with Gasteiger partial charge in [0, 0.05) is 10.9 Å². The fourth-order valence-corrected chi connectivity index (χ4v) is 3.19. The molecular formula is C17H25BrN3O4+. The Hall–Kier alpha value is -1.48. The van der Waals surface area contributed by atoms with Gasteiger partial charge >= 0.3 is 0 Å². The highest BCUT2D eigenvalue weighted by Gasteiger charge is 2.19. The average molecular weight is 415 g/mol. The Morgan fingerprint density at radius 1 is 1.32 bits per heavy atom. The van der Waals surface area contributed by atoms with Gasteiger partial charge in [0.15, 0.2) is 0 Å². The summed E-state index contributed by atoms with van der Waals surface area (Å²) in [5.41, 5.74) is 0.625. The number of amides is 1. The summed E-state index contributed by atoms with van der Waals surface area (Å²) in [6, 6.07) is 6.34. The third kappa shape index (κ3) is 7.11. The van der Waals surface area contributed by atoms with E-state index in [1.165, 1.54) is 4.90 Å². The number of halogens is 1. The van der Waals surface area contributed by atoms with Gasteiger partial charge in [0.25, 0.3) is 0 Å². The molecule has 138 valence electrons. The minimum absolute atomic E-state index is 0.117. The number of anilines is 1. The average Bonchev–Trinajstić information content (AvgIpc) is 2.60. The molecule has 8 heteroatoms. The number of nitrogens with one attached hydrogen (secondary N) is 2. The highest BCUT2D eigenvalue weighted by molar-refractivity contribution is 9.10. The summed E-state index contributed by atoms with van der Waals surface area (Å²) in [4.78, 5) is 24.9. The smallest absolute Gasteiger partial charge is 0.230 e. The molecule has 4 N–H and O–H groups in total. The van der Waals surface area contributed by atoms with Gasteiger partial charge in [-0.15, -0.1) is 0 Å². The van der Waals surface area contributed by atoms with E-state index in [4.69, 9.17) is 4.74 Å². The van der Waals surface area contributed by atoms with Gasteiger partial charge in [-0.3, -0.25) is 4.79 Å². The molecule has 0 aliphatic carbocycles. The first-order chi connectivity index (χ1) is 12.1. The lowest BCUT2D eigenvalue weighted by molar-refractivity contribution is -0.909. The summed E-state index contributed by atoms with van der Waals surface area (Å²) in [6.45, 7) is 5.22. The minimum Gasteiger partial charge on any atom is -0.544 e. The Morgan fingerprint density at radius 2 is 2.04 bits per heavy atom. The van der Waals surface area contributed by atoms with Crippen molar-refractivity contribution in [2.24, 2.45) is 0 Å². The van der Waals surface area contributed by atoms with Gasteiger partial charge in [0.2, 0.25) is 5.91 Å². The van der Waals surface area contributed by atoms with Crippen molar-refractivity contribution in [3.8, 4) is 0 Å². The van der Waals surface area contributed by atoms with Crippen LogP contribution in [0.2, 0.25) is 0 Å². The number of carboxylic acid groups (broad SMARTS) is 1. The Labute approximate surface area is 155 Å². The molecule has 1 aliphatic heterocycles. The van der Waals surface area contributed by atoms with Crippen LogP contribution in [-0.2, 0) is 14.3 Å². The van der Waals surface area contributed by atoms with E-state index in [9.17, 15) is 14.7 Å². The van der Waals surface area contributed by atoms with Crippen LogP contribution in [0.5, 0.6) is 0 Å². The van der Waals surface area contributed by atoms with Gasteiger partial charge in [-0.2, -0.15) is 0 Å². The second-order valence-corrected chi connectivity index (χ2v) is 7.00. The van der Waals surface area contributed by atoms with Gasteiger partial charge in [0.05, 0.1) is 44.4 Å². The predicted molar refractivity (Wildman–Crippen MR) is 94.0 cm³/mol. The summed E-state index contributed by atoms with van der Waals surface area (Å²) in [7, 11) is 0. The number of carbonyl (C=O) groups excluding carboxylic acids is 2. The molecule has 1 aromatic rings. The van der Waals surface area contributed by atoms with E-state index in [-0.39, 0.29) is 12.3 Å². The van der Waals surface area contributed by atoms with Crippen LogP contribution in [0.4, 0.5) is 5.69 Å². The lowest BCUT2D eigenvalue weighted by Crippen LogP contribution is -3.14. The van der Waals surface area contributed by atoms with E-state index in [0.29, 0.717) is 12.2 Å². The first kappa shape index (κ1) is 19.8. The van der Waals surface area contributed by atoms with Crippen LogP contribution in [0.1, 0.15) is 12.8 Å². The van der Waals surface area contributed by atoms with Gasteiger partial charge in [-0.25, -0.2) is 0 Å². The monoisotopic (exact) mass is 414 g/mol. The molecule has 1 atom stereocenters. The third-order valence-electron chi connectivity index (χ3n) is 4.24. The topological polar surface area (TPSA) is 99.5 Å². The quantitative estimate of drug-likeness (QED) is 0.398. The number of quaternary nitrogens is 2. The number of hydrogen-bond acceptors (Lipinski definition) is 4. The van der Waals surface area contributed by atoms with Crippen molar-refractivity contribution >= 4 is 33.5 Å². The summed E-state index contributed by atoms with van der Waals surface area (Å²) in [5.74, 6) is -1.54. The molecule has 0 saturated carbocycles. The first-order valence-electron chi connectivity index (χ1n) is 8.56. The molecule has 0 spiro atoms. The van der Waals surface area contributed by atoms with E-state index in [1.54, 1.807) is 17.4 Å². The number of carbonyl (C=O) groups is 2. The van der Waals surface area contributed by atoms with Crippen LogP contribution < -0.4 is 20.6 Å². The molecule has 0 aromatic heterocycles. The number of benzene rings is 1. The molecule has 1 fully saturated rings. The van der Waals surface area contributed by atoms with Gasteiger partial charge in [-0.05, 0) is 28.1 Å². The van der Waals surface area contributed by atoms with Crippen molar-refractivity contribution in [2.75, 3.05) is 44.7 Å². The molecule has 0 unspecified atom stereocenters. The van der Waals surface area contributed by atoms with Crippen molar-refractivity contribution in [3.63, 3.8) is 0 Å². The number of carboxylic acids is 1. The minimum atomic E-state index is -1.21. The maximum Gasteiger partial charge on any atom is 0.230 e. The Balaban J connectivity index is 1.73. The molecule has 0 radical (unpaired) electrons. The number of hydrogen-bond donors (Lipinski definition) is 3. The molecule has 1 saturated heterocycles. The van der Waals surface area contributed by atoms with Gasteiger partial charge in [-0.1, -0.05) is 12.1 Å². The molecule has 0 bridgehead atoms. The van der Waals surface area contributed by atoms with Crippen molar-refractivity contribution in [1.29, 1.82) is 0 Å². The van der Waals surface area contributed by atoms with E-state index >= 15 is 0 Å². The molecule has 1 heterocycles. The van der Waals surface area contributed by atoms with Crippen LogP contribution in [0.15, 0.2) is 28.7 Å². The van der Waals surface area contributed by atoms with Crippen LogP contribution in [-0.4, -0.2) is 57.3 Å². The third-order valence-corrected chi connectivity index (χ3v) is 4.93. The zero-order valence-electron chi connectivity index (χ0n) is 14.1. The molecule has 7 nitrogen and oxygen atoms in total. The van der Waals surface area contributed by atoms with E-state index in [0.717, 1.165) is 43.7 Å². The fraction of sp³-hybridized carbons (Fsp3) is 0.529. The van der Waals surface area contributed by atoms with Crippen LogP contribution >= 0.6 is 15.9 Å². The maximum absolute atomic E-state index is 12.1. The maximum atomic E-state index is 12.1. The number of morpholine rings is 1. The van der Waals surface area contributed by atoms with E-state index in [2.05, 4.69) is 21.2 Å². The van der Waals surface area contributed by atoms with Gasteiger partial charge in [0.1, 0.15) is 19.1 Å². The Morgan fingerprint density at radius 3 is 2.72 bits per heavy atom. The van der Waals surface area contributed by atoms with Crippen molar-refractivity contribution < 1.29 is 29.6 Å².